The van der Waals surface area contributed by atoms with Crippen molar-refractivity contribution in [3.05, 3.63) is 89.1 Å². The Hall–Kier alpha value is -2.66. The highest BCUT2D eigenvalue weighted by Crippen LogP contribution is 2.31. The van der Waals surface area contributed by atoms with Gasteiger partial charge in [0.1, 0.15) is 6.10 Å². The molecule has 1 N–H and O–H groups in total. The summed E-state index contributed by atoms with van der Waals surface area (Å²) in [5, 5.41) is 10.6. The van der Waals surface area contributed by atoms with E-state index in [1.165, 1.54) is 17.7 Å². The van der Waals surface area contributed by atoms with Crippen molar-refractivity contribution in [2.45, 2.75) is 38.5 Å². The minimum absolute atomic E-state index is 0.0361. The number of pyridine rings is 1. The summed E-state index contributed by atoms with van der Waals surface area (Å²) in [5.74, 6) is 0. The summed E-state index contributed by atoms with van der Waals surface area (Å²) < 4.78 is 38.0. The second-order valence-electron chi connectivity index (χ2n) is 7.83. The molecule has 2 aromatic carbocycles. The molecule has 0 aliphatic rings. The van der Waals surface area contributed by atoms with Crippen molar-refractivity contribution in [2.24, 2.45) is 0 Å². The van der Waals surface area contributed by atoms with Gasteiger partial charge in [-0.3, -0.25) is 4.98 Å². The lowest BCUT2D eigenvalue weighted by Gasteiger charge is -2.20. The van der Waals surface area contributed by atoms with Crippen molar-refractivity contribution in [3.8, 4) is 11.3 Å². The third kappa shape index (κ3) is 4.42. The number of halogens is 3. The van der Waals surface area contributed by atoms with Gasteiger partial charge >= 0.3 is 6.18 Å². The van der Waals surface area contributed by atoms with E-state index in [1.807, 2.05) is 24.3 Å². The zero-order valence-electron chi connectivity index (χ0n) is 16.0. The fourth-order valence-electron chi connectivity index (χ4n) is 2.93. The molecule has 3 aromatic rings. The van der Waals surface area contributed by atoms with Crippen LogP contribution in [0.25, 0.3) is 11.3 Å². The normalized spacial score (nSPS) is 13.4. The van der Waals surface area contributed by atoms with Crippen LogP contribution >= 0.6 is 0 Å². The van der Waals surface area contributed by atoms with Gasteiger partial charge in [-0.2, -0.15) is 13.2 Å². The number of aliphatic hydroxyl groups excluding tert-OH is 1. The number of aliphatic hydroxyl groups is 1. The Balaban J connectivity index is 1.78. The van der Waals surface area contributed by atoms with E-state index in [-0.39, 0.29) is 5.41 Å². The minimum atomic E-state index is -4.36. The van der Waals surface area contributed by atoms with E-state index < -0.39 is 17.8 Å². The Bertz CT molecular complexity index is 922. The van der Waals surface area contributed by atoms with E-state index in [2.05, 4.69) is 25.8 Å². The fourth-order valence-corrected chi connectivity index (χ4v) is 2.93. The lowest BCUT2D eigenvalue weighted by Crippen LogP contribution is -2.11. The average Bonchev–Trinajstić information content (AvgIpc) is 2.66. The van der Waals surface area contributed by atoms with Crippen LogP contribution in [0.1, 0.15) is 49.1 Å². The maximum atomic E-state index is 12.7. The highest BCUT2D eigenvalue weighted by atomic mass is 19.4. The van der Waals surface area contributed by atoms with Crippen LogP contribution in [0.3, 0.4) is 0 Å². The third-order valence-electron chi connectivity index (χ3n) is 4.70. The average molecular weight is 385 g/mol. The lowest BCUT2D eigenvalue weighted by molar-refractivity contribution is -0.137. The maximum Gasteiger partial charge on any atom is 0.416 e. The highest BCUT2D eigenvalue weighted by Gasteiger charge is 2.30. The van der Waals surface area contributed by atoms with E-state index in [4.69, 9.17) is 0 Å². The van der Waals surface area contributed by atoms with E-state index in [0.29, 0.717) is 16.8 Å². The predicted octanol–water partition coefficient (Wildman–Crippen LogP) is 6.15. The molecule has 1 aromatic heterocycles. The molecule has 0 aliphatic heterocycles. The first-order valence-corrected chi connectivity index (χ1v) is 8.98. The van der Waals surface area contributed by atoms with Crippen molar-refractivity contribution in [1.29, 1.82) is 0 Å². The molecular formula is C23H22F3NO. The second-order valence-corrected chi connectivity index (χ2v) is 7.83. The second kappa shape index (κ2) is 7.40. The van der Waals surface area contributed by atoms with Gasteiger partial charge in [0.15, 0.2) is 0 Å². The molecule has 0 saturated heterocycles. The van der Waals surface area contributed by atoms with Gasteiger partial charge in [0.05, 0.1) is 11.3 Å². The molecule has 5 heteroatoms. The van der Waals surface area contributed by atoms with E-state index >= 15 is 0 Å². The summed E-state index contributed by atoms with van der Waals surface area (Å²) >= 11 is 0. The first kappa shape index (κ1) is 20.1. The number of hydrogen-bond donors (Lipinski definition) is 1. The zero-order valence-corrected chi connectivity index (χ0v) is 16.0. The molecule has 0 amide bonds. The molecule has 1 atom stereocenters. The smallest absolute Gasteiger partial charge is 0.384 e. The van der Waals surface area contributed by atoms with Gasteiger partial charge in [0.25, 0.3) is 0 Å². The zero-order chi connectivity index (χ0) is 20.5. The molecule has 28 heavy (non-hydrogen) atoms. The highest BCUT2D eigenvalue weighted by molar-refractivity contribution is 5.59. The number of rotatable bonds is 3. The van der Waals surface area contributed by atoms with Gasteiger partial charge in [-0.05, 0) is 34.7 Å². The quantitative estimate of drug-likeness (QED) is 0.587. The van der Waals surface area contributed by atoms with Crippen molar-refractivity contribution in [3.63, 3.8) is 0 Å². The first-order valence-electron chi connectivity index (χ1n) is 8.98. The first-order chi connectivity index (χ1) is 13.1. The van der Waals surface area contributed by atoms with Crippen LogP contribution in [0.4, 0.5) is 13.2 Å². The van der Waals surface area contributed by atoms with Crippen LogP contribution in [0, 0.1) is 0 Å². The minimum Gasteiger partial charge on any atom is -0.384 e. The van der Waals surface area contributed by atoms with Gasteiger partial charge in [0, 0.05) is 17.3 Å². The standard InChI is InChI=1S/C23H22F3NO/c1-22(2,3)18-9-6-16(7-10-18)21(28)17-8-13-20(27-14-17)15-4-11-19(12-5-15)23(24,25)26/h4-14,21,28H,1-3H3/t21-/m1/s1. The third-order valence-corrected chi connectivity index (χ3v) is 4.70. The Labute approximate surface area is 162 Å². The van der Waals surface area contributed by atoms with Gasteiger partial charge in [-0.25, -0.2) is 0 Å². The monoisotopic (exact) mass is 385 g/mol. The van der Waals surface area contributed by atoms with Gasteiger partial charge in [-0.15, -0.1) is 0 Å². The molecule has 0 aliphatic carbocycles. The van der Waals surface area contributed by atoms with Crippen molar-refractivity contribution in [1.82, 2.24) is 4.98 Å². The van der Waals surface area contributed by atoms with Crippen LogP contribution in [-0.2, 0) is 11.6 Å². The molecule has 2 nitrogen and oxygen atoms in total. The molecule has 0 fully saturated rings. The van der Waals surface area contributed by atoms with Crippen molar-refractivity contribution in [2.75, 3.05) is 0 Å². The SMILES string of the molecule is CC(C)(C)c1ccc([C@@H](O)c2ccc(-c3ccc(C(F)(F)F)cc3)nc2)cc1. The van der Waals surface area contributed by atoms with Crippen LogP contribution in [-0.4, -0.2) is 10.1 Å². The number of benzene rings is 2. The number of aromatic nitrogens is 1. The van der Waals surface area contributed by atoms with Crippen LogP contribution in [0.2, 0.25) is 0 Å². The molecule has 0 spiro atoms. The largest absolute Gasteiger partial charge is 0.416 e. The van der Waals surface area contributed by atoms with Crippen molar-refractivity contribution >= 4 is 0 Å². The summed E-state index contributed by atoms with van der Waals surface area (Å²) in [7, 11) is 0. The fraction of sp³-hybridized carbons (Fsp3) is 0.261. The summed E-state index contributed by atoms with van der Waals surface area (Å²) in [6.45, 7) is 6.38. The molecule has 0 saturated carbocycles. The summed E-state index contributed by atoms with van der Waals surface area (Å²) in [6.07, 6.45) is -3.62. The molecule has 0 radical (unpaired) electrons. The van der Waals surface area contributed by atoms with E-state index in [9.17, 15) is 18.3 Å². The molecule has 1 heterocycles. The Morgan fingerprint density at radius 3 is 1.75 bits per heavy atom. The Morgan fingerprint density at radius 1 is 0.750 bits per heavy atom. The van der Waals surface area contributed by atoms with Gasteiger partial charge in [-0.1, -0.05) is 63.2 Å². The Kier molecular flexibility index (Phi) is 5.31. The molecule has 3 rings (SSSR count). The topological polar surface area (TPSA) is 33.1 Å². The van der Waals surface area contributed by atoms with Crippen LogP contribution < -0.4 is 0 Å². The van der Waals surface area contributed by atoms with E-state index in [1.54, 1.807) is 18.3 Å². The Morgan fingerprint density at radius 2 is 1.29 bits per heavy atom. The summed E-state index contributed by atoms with van der Waals surface area (Å²) in [4.78, 5) is 4.30. The molecule has 0 unspecified atom stereocenters. The summed E-state index contributed by atoms with van der Waals surface area (Å²) in [5.41, 5.74) is 3.04. The number of alkyl halides is 3. The van der Waals surface area contributed by atoms with Crippen molar-refractivity contribution < 1.29 is 18.3 Å². The van der Waals surface area contributed by atoms with Gasteiger partial charge in [0.2, 0.25) is 0 Å². The van der Waals surface area contributed by atoms with E-state index in [0.717, 1.165) is 17.7 Å². The predicted molar refractivity (Wildman–Crippen MR) is 104 cm³/mol. The number of nitrogens with zero attached hydrogens (tertiary/aromatic N) is 1. The molecule has 146 valence electrons. The van der Waals surface area contributed by atoms with Gasteiger partial charge < -0.3 is 5.11 Å². The summed E-state index contributed by atoms with van der Waals surface area (Å²) in [6, 6.07) is 16.1. The van der Waals surface area contributed by atoms with Crippen LogP contribution in [0.5, 0.6) is 0 Å². The van der Waals surface area contributed by atoms with Crippen LogP contribution in [0.15, 0.2) is 66.9 Å². The molecular weight excluding hydrogens is 363 g/mol. The maximum absolute atomic E-state index is 12.7. The number of hydrogen-bond acceptors (Lipinski definition) is 2. The molecule has 0 bridgehead atoms. The lowest BCUT2D eigenvalue weighted by atomic mass is 9.86.